The highest BCUT2D eigenvalue weighted by Gasteiger charge is 2.41. The zero-order chi connectivity index (χ0) is 11.1. The summed E-state index contributed by atoms with van der Waals surface area (Å²) in [5.74, 6) is 1.52. The highest BCUT2D eigenvalue weighted by Crippen LogP contribution is 2.46. The van der Waals surface area contributed by atoms with E-state index in [-0.39, 0.29) is 5.82 Å². The van der Waals surface area contributed by atoms with Crippen LogP contribution in [-0.2, 0) is 0 Å². The molecule has 0 atom stereocenters. The predicted octanol–water partition coefficient (Wildman–Crippen LogP) is 3.73. The molecule has 0 aliphatic heterocycles. The van der Waals surface area contributed by atoms with Crippen molar-refractivity contribution in [3.63, 3.8) is 0 Å². The van der Waals surface area contributed by atoms with Crippen molar-refractivity contribution >= 4 is 5.69 Å². The molecule has 2 aliphatic rings. The zero-order valence-corrected chi connectivity index (χ0v) is 9.67. The predicted molar refractivity (Wildman–Crippen MR) is 64.0 cm³/mol. The molecule has 0 heterocycles. The molecule has 86 valence electrons. The minimum Gasteiger partial charge on any atom is -0.379 e. The van der Waals surface area contributed by atoms with Crippen LogP contribution in [0, 0.1) is 24.6 Å². The fourth-order valence-corrected chi connectivity index (χ4v) is 2.47. The number of hydrogen-bond acceptors (Lipinski definition) is 1. The number of hydrogen-bond donors (Lipinski definition) is 1. The molecule has 2 aliphatic carbocycles. The number of anilines is 1. The standard InChI is InChI=1S/C14H18FN/c1-9-3-2-4-12(13(9)15)16-14(10-5-6-10)11-7-8-11/h2-4,10-11,14,16H,5-8H2,1H3. The van der Waals surface area contributed by atoms with Gasteiger partial charge in [-0.05, 0) is 56.1 Å². The molecular formula is C14H18FN. The molecule has 1 aromatic carbocycles. The van der Waals surface area contributed by atoms with Crippen LogP contribution in [0.4, 0.5) is 10.1 Å². The van der Waals surface area contributed by atoms with Crippen molar-refractivity contribution in [3.8, 4) is 0 Å². The molecule has 0 unspecified atom stereocenters. The summed E-state index contributed by atoms with van der Waals surface area (Å²) in [5.41, 5.74) is 1.43. The maximum atomic E-state index is 13.9. The molecule has 2 fully saturated rings. The molecule has 0 bridgehead atoms. The lowest BCUT2D eigenvalue weighted by atomic mass is 10.1. The fraction of sp³-hybridized carbons (Fsp3) is 0.571. The lowest BCUT2D eigenvalue weighted by molar-refractivity contribution is 0.556. The van der Waals surface area contributed by atoms with Gasteiger partial charge in [-0.2, -0.15) is 0 Å². The first-order valence-electron chi connectivity index (χ1n) is 6.27. The van der Waals surface area contributed by atoms with Crippen LogP contribution in [0.5, 0.6) is 0 Å². The van der Waals surface area contributed by atoms with Gasteiger partial charge in [0.05, 0.1) is 5.69 Å². The molecule has 1 nitrogen and oxygen atoms in total. The van der Waals surface area contributed by atoms with Gasteiger partial charge in [-0.25, -0.2) is 4.39 Å². The minimum absolute atomic E-state index is 0.0752. The van der Waals surface area contributed by atoms with Crippen molar-refractivity contribution in [1.29, 1.82) is 0 Å². The Hall–Kier alpha value is -1.05. The van der Waals surface area contributed by atoms with E-state index in [4.69, 9.17) is 0 Å². The smallest absolute Gasteiger partial charge is 0.149 e. The Morgan fingerprint density at radius 3 is 2.38 bits per heavy atom. The van der Waals surface area contributed by atoms with Crippen LogP contribution in [0.3, 0.4) is 0 Å². The minimum atomic E-state index is -0.0752. The third kappa shape index (κ3) is 1.93. The Bertz CT molecular complexity index is 382. The molecule has 0 aromatic heterocycles. The maximum Gasteiger partial charge on any atom is 0.149 e. The first-order valence-corrected chi connectivity index (χ1v) is 6.27. The van der Waals surface area contributed by atoms with E-state index >= 15 is 0 Å². The first kappa shape index (κ1) is 10.1. The summed E-state index contributed by atoms with van der Waals surface area (Å²) >= 11 is 0. The van der Waals surface area contributed by atoms with Crippen molar-refractivity contribution in [2.75, 3.05) is 5.32 Å². The molecule has 2 saturated carbocycles. The summed E-state index contributed by atoms with van der Waals surface area (Å²) in [7, 11) is 0. The fourth-order valence-electron chi connectivity index (χ4n) is 2.47. The zero-order valence-electron chi connectivity index (χ0n) is 9.67. The van der Waals surface area contributed by atoms with E-state index in [1.807, 2.05) is 25.1 Å². The number of halogens is 1. The Balaban J connectivity index is 1.78. The lowest BCUT2D eigenvalue weighted by Gasteiger charge is -2.19. The van der Waals surface area contributed by atoms with Gasteiger partial charge in [0.1, 0.15) is 5.82 Å². The van der Waals surface area contributed by atoms with Crippen LogP contribution in [0.1, 0.15) is 31.2 Å². The van der Waals surface area contributed by atoms with E-state index in [2.05, 4.69) is 5.32 Å². The Morgan fingerprint density at radius 1 is 1.19 bits per heavy atom. The van der Waals surface area contributed by atoms with Crippen molar-refractivity contribution in [2.45, 2.75) is 38.6 Å². The Morgan fingerprint density at radius 2 is 1.81 bits per heavy atom. The largest absolute Gasteiger partial charge is 0.379 e. The van der Waals surface area contributed by atoms with Crippen molar-refractivity contribution < 1.29 is 4.39 Å². The quantitative estimate of drug-likeness (QED) is 0.813. The van der Waals surface area contributed by atoms with Gasteiger partial charge in [-0.3, -0.25) is 0 Å². The molecule has 1 aromatic rings. The molecule has 0 saturated heterocycles. The van der Waals surface area contributed by atoms with Crippen LogP contribution in [0.2, 0.25) is 0 Å². The monoisotopic (exact) mass is 219 g/mol. The van der Waals surface area contributed by atoms with E-state index in [1.54, 1.807) is 0 Å². The van der Waals surface area contributed by atoms with Crippen LogP contribution < -0.4 is 5.32 Å². The van der Waals surface area contributed by atoms with Crippen LogP contribution in [-0.4, -0.2) is 6.04 Å². The molecule has 0 amide bonds. The van der Waals surface area contributed by atoms with E-state index in [0.29, 0.717) is 11.7 Å². The van der Waals surface area contributed by atoms with Gasteiger partial charge >= 0.3 is 0 Å². The van der Waals surface area contributed by atoms with Gasteiger partial charge < -0.3 is 5.32 Å². The van der Waals surface area contributed by atoms with Crippen LogP contribution in [0.25, 0.3) is 0 Å². The highest BCUT2D eigenvalue weighted by molar-refractivity contribution is 5.48. The number of aryl methyl sites for hydroxylation is 1. The third-order valence-electron chi connectivity index (χ3n) is 3.77. The SMILES string of the molecule is Cc1cccc(NC(C2CC2)C2CC2)c1F. The van der Waals surface area contributed by atoms with Gasteiger partial charge in [0.2, 0.25) is 0 Å². The van der Waals surface area contributed by atoms with Gasteiger partial charge in [0.15, 0.2) is 0 Å². The number of rotatable bonds is 4. The van der Waals surface area contributed by atoms with Gasteiger partial charge in [-0.1, -0.05) is 12.1 Å². The summed E-state index contributed by atoms with van der Waals surface area (Å²) in [6, 6.07) is 6.14. The maximum absolute atomic E-state index is 13.9. The second kappa shape index (κ2) is 3.76. The second-order valence-electron chi connectivity index (χ2n) is 5.28. The number of benzene rings is 1. The van der Waals surface area contributed by atoms with E-state index in [0.717, 1.165) is 17.4 Å². The molecule has 0 spiro atoms. The Kier molecular flexibility index (Phi) is 2.38. The highest BCUT2D eigenvalue weighted by atomic mass is 19.1. The van der Waals surface area contributed by atoms with Gasteiger partial charge in [0, 0.05) is 6.04 Å². The summed E-state index contributed by atoms with van der Waals surface area (Å²) in [4.78, 5) is 0. The van der Waals surface area contributed by atoms with E-state index < -0.39 is 0 Å². The molecular weight excluding hydrogens is 201 g/mol. The van der Waals surface area contributed by atoms with Gasteiger partial charge in [-0.15, -0.1) is 0 Å². The number of nitrogens with one attached hydrogen (secondary N) is 1. The third-order valence-corrected chi connectivity index (χ3v) is 3.77. The summed E-state index contributed by atoms with van der Waals surface area (Å²) in [6.45, 7) is 1.82. The molecule has 3 rings (SSSR count). The van der Waals surface area contributed by atoms with E-state index in [9.17, 15) is 4.39 Å². The summed E-state index contributed by atoms with van der Waals surface area (Å²) in [6.07, 6.45) is 5.28. The average molecular weight is 219 g/mol. The molecule has 0 radical (unpaired) electrons. The Labute approximate surface area is 96.1 Å². The molecule has 1 N–H and O–H groups in total. The lowest BCUT2D eigenvalue weighted by Crippen LogP contribution is -2.24. The normalized spacial score (nSPS) is 20.2. The van der Waals surface area contributed by atoms with Crippen molar-refractivity contribution in [1.82, 2.24) is 0 Å². The molecule has 16 heavy (non-hydrogen) atoms. The van der Waals surface area contributed by atoms with E-state index in [1.165, 1.54) is 25.7 Å². The second-order valence-corrected chi connectivity index (χ2v) is 5.28. The van der Waals surface area contributed by atoms with Crippen molar-refractivity contribution in [3.05, 3.63) is 29.6 Å². The van der Waals surface area contributed by atoms with Crippen molar-refractivity contribution in [2.24, 2.45) is 11.8 Å². The summed E-state index contributed by atoms with van der Waals surface area (Å²) in [5, 5.41) is 3.44. The van der Waals surface area contributed by atoms with Crippen LogP contribution in [0.15, 0.2) is 18.2 Å². The molecule has 2 heteroatoms. The van der Waals surface area contributed by atoms with Crippen LogP contribution >= 0.6 is 0 Å². The van der Waals surface area contributed by atoms with Gasteiger partial charge in [0.25, 0.3) is 0 Å². The topological polar surface area (TPSA) is 12.0 Å². The first-order chi connectivity index (χ1) is 7.75. The summed E-state index contributed by atoms with van der Waals surface area (Å²) < 4.78 is 13.9. The average Bonchev–Trinajstić information content (AvgIpc) is 3.15.